The summed E-state index contributed by atoms with van der Waals surface area (Å²) in [5.41, 5.74) is -0.223. The third-order valence-electron chi connectivity index (χ3n) is 5.16. The highest BCUT2D eigenvalue weighted by Crippen LogP contribution is 2.49. The Morgan fingerprint density at radius 1 is 1.17 bits per heavy atom. The van der Waals surface area contributed by atoms with E-state index in [1.807, 2.05) is 6.92 Å². The lowest BCUT2D eigenvalue weighted by Gasteiger charge is -2.50. The summed E-state index contributed by atoms with van der Waals surface area (Å²) >= 11 is 0. The summed E-state index contributed by atoms with van der Waals surface area (Å²) in [7, 11) is -2.44. The number of hydrogen-bond donors (Lipinski definition) is 0. The second-order valence-corrected chi connectivity index (χ2v) is 8.42. The van der Waals surface area contributed by atoms with Gasteiger partial charge in [-0.05, 0) is 44.7 Å². The van der Waals surface area contributed by atoms with Gasteiger partial charge in [-0.3, -0.25) is 4.18 Å². The van der Waals surface area contributed by atoms with E-state index in [-0.39, 0.29) is 22.9 Å². The first-order valence-electron chi connectivity index (χ1n) is 7.99. The number of ether oxygens (including phenoxy) is 2. The van der Waals surface area contributed by atoms with Gasteiger partial charge in [0.1, 0.15) is 0 Å². The minimum absolute atomic E-state index is 0.0699. The lowest BCUT2D eigenvalue weighted by molar-refractivity contribution is -0.213. The first-order valence-corrected chi connectivity index (χ1v) is 9.40. The maximum Gasteiger partial charge on any atom is 0.338 e. The normalized spacial score (nSPS) is 29.4. The third-order valence-corrected chi connectivity index (χ3v) is 6.44. The van der Waals surface area contributed by atoms with Crippen LogP contribution in [0, 0.1) is 12.3 Å². The van der Waals surface area contributed by atoms with Crippen molar-refractivity contribution in [2.24, 2.45) is 5.41 Å². The van der Waals surface area contributed by atoms with E-state index < -0.39 is 15.7 Å². The smallest absolute Gasteiger partial charge is 0.338 e. The van der Waals surface area contributed by atoms with Crippen LogP contribution in [0.25, 0.3) is 0 Å². The molecule has 2 bridgehead atoms. The molecule has 1 aromatic carbocycles. The summed E-state index contributed by atoms with van der Waals surface area (Å²) in [5.74, 6) is -0.344. The fourth-order valence-electron chi connectivity index (χ4n) is 3.37. The number of rotatable bonds is 5. The van der Waals surface area contributed by atoms with E-state index in [4.69, 9.17) is 13.7 Å². The Morgan fingerprint density at radius 3 is 2.29 bits per heavy atom. The quantitative estimate of drug-likeness (QED) is 0.596. The molecular formula is C17H22O6S. The highest BCUT2D eigenvalue weighted by molar-refractivity contribution is 7.86. The van der Waals surface area contributed by atoms with Gasteiger partial charge in [-0.25, -0.2) is 4.79 Å². The maximum atomic E-state index is 12.3. The molecule has 0 amide bonds. The van der Waals surface area contributed by atoms with Crippen LogP contribution in [-0.4, -0.2) is 40.3 Å². The van der Waals surface area contributed by atoms with Gasteiger partial charge in [0.25, 0.3) is 10.1 Å². The number of aryl methyl sites for hydroxylation is 1. The molecule has 0 spiro atoms. The third kappa shape index (κ3) is 3.08. The highest BCUT2D eigenvalue weighted by atomic mass is 32.2. The van der Waals surface area contributed by atoms with Crippen molar-refractivity contribution in [1.29, 1.82) is 0 Å². The van der Waals surface area contributed by atoms with Crippen molar-refractivity contribution in [3.63, 3.8) is 0 Å². The zero-order valence-electron chi connectivity index (χ0n) is 13.9. The van der Waals surface area contributed by atoms with Crippen molar-refractivity contribution in [3.05, 3.63) is 29.8 Å². The van der Waals surface area contributed by atoms with Crippen LogP contribution in [-0.2, 0) is 28.6 Å². The Labute approximate surface area is 142 Å². The Kier molecular flexibility index (Phi) is 4.44. The number of esters is 1. The molecule has 24 heavy (non-hydrogen) atoms. The van der Waals surface area contributed by atoms with Crippen molar-refractivity contribution in [1.82, 2.24) is 0 Å². The van der Waals surface area contributed by atoms with E-state index in [2.05, 4.69) is 0 Å². The highest BCUT2D eigenvalue weighted by Gasteiger charge is 2.55. The summed E-state index contributed by atoms with van der Waals surface area (Å²) in [5, 5.41) is 0. The van der Waals surface area contributed by atoms with Gasteiger partial charge >= 0.3 is 5.97 Å². The van der Waals surface area contributed by atoms with Gasteiger partial charge in [-0.15, -0.1) is 0 Å². The molecule has 3 fully saturated rings. The maximum absolute atomic E-state index is 12.3. The minimum Gasteiger partial charge on any atom is -0.467 e. The average molecular weight is 354 g/mol. The molecule has 0 N–H and O–H groups in total. The Bertz CT molecular complexity index is 697. The molecule has 0 radical (unpaired) electrons. The second kappa shape index (κ2) is 6.13. The molecule has 0 atom stereocenters. The van der Waals surface area contributed by atoms with Crippen molar-refractivity contribution in [2.45, 2.75) is 43.1 Å². The van der Waals surface area contributed by atoms with Gasteiger partial charge in [0.05, 0.1) is 25.2 Å². The van der Waals surface area contributed by atoms with Crippen molar-refractivity contribution < 1.29 is 26.9 Å². The number of fused-ring (bicyclic) bond motifs is 3. The monoisotopic (exact) mass is 354 g/mol. The summed E-state index contributed by atoms with van der Waals surface area (Å²) in [6.45, 7) is 2.27. The molecule has 1 saturated carbocycles. The van der Waals surface area contributed by atoms with E-state index >= 15 is 0 Å². The molecule has 1 aliphatic carbocycles. The molecule has 4 rings (SSSR count). The number of carbonyl (C=O) groups is 1. The van der Waals surface area contributed by atoms with Gasteiger partial charge in [0.2, 0.25) is 0 Å². The van der Waals surface area contributed by atoms with Crippen LogP contribution < -0.4 is 0 Å². The topological polar surface area (TPSA) is 78.9 Å². The number of hydrogen-bond acceptors (Lipinski definition) is 6. The largest absolute Gasteiger partial charge is 0.467 e. The standard InChI is InChI=1S/C17H22O6S/c1-13-3-5-14(6-4-13)24(19,20)23-12-16-7-9-17(10-8-16,22-11-16)15(18)21-2/h3-6H,7-12H2,1-2H3. The summed E-state index contributed by atoms with van der Waals surface area (Å²) < 4.78 is 40.6. The van der Waals surface area contributed by atoms with Crippen LogP contribution in [0.5, 0.6) is 0 Å². The van der Waals surface area contributed by atoms with E-state index in [9.17, 15) is 13.2 Å². The molecule has 0 unspecified atom stereocenters. The molecule has 132 valence electrons. The van der Waals surface area contributed by atoms with Crippen LogP contribution in [0.2, 0.25) is 0 Å². The summed E-state index contributed by atoms with van der Waals surface area (Å²) in [4.78, 5) is 12.1. The first kappa shape index (κ1) is 17.4. The molecule has 2 saturated heterocycles. The Hall–Kier alpha value is -1.44. The Morgan fingerprint density at radius 2 is 1.79 bits per heavy atom. The molecule has 0 aromatic heterocycles. The molecule has 3 aliphatic rings. The predicted molar refractivity (Wildman–Crippen MR) is 85.9 cm³/mol. The van der Waals surface area contributed by atoms with Crippen LogP contribution in [0.1, 0.15) is 31.2 Å². The SMILES string of the molecule is COC(=O)C12CCC(COS(=O)(=O)c3ccc(C)cc3)(CC1)CO2. The summed E-state index contributed by atoms with van der Waals surface area (Å²) in [6, 6.07) is 6.57. The van der Waals surface area contributed by atoms with Gasteiger partial charge in [-0.2, -0.15) is 8.42 Å². The van der Waals surface area contributed by atoms with E-state index in [0.717, 1.165) is 5.56 Å². The van der Waals surface area contributed by atoms with Gasteiger partial charge in [-0.1, -0.05) is 17.7 Å². The molecule has 7 heteroatoms. The van der Waals surface area contributed by atoms with E-state index in [1.54, 1.807) is 24.3 Å². The van der Waals surface area contributed by atoms with Gasteiger partial charge in [0.15, 0.2) is 5.60 Å². The second-order valence-electron chi connectivity index (χ2n) is 6.80. The van der Waals surface area contributed by atoms with Crippen molar-refractivity contribution in [2.75, 3.05) is 20.3 Å². The van der Waals surface area contributed by atoms with Gasteiger partial charge < -0.3 is 9.47 Å². The lowest BCUT2D eigenvalue weighted by atomic mass is 9.66. The molecule has 6 nitrogen and oxygen atoms in total. The Balaban J connectivity index is 1.66. The lowest BCUT2D eigenvalue weighted by Crippen LogP contribution is -2.57. The van der Waals surface area contributed by atoms with Gasteiger partial charge in [0, 0.05) is 5.41 Å². The van der Waals surface area contributed by atoms with E-state index in [0.29, 0.717) is 32.3 Å². The fraction of sp³-hybridized carbons (Fsp3) is 0.588. The summed E-state index contributed by atoms with van der Waals surface area (Å²) in [6.07, 6.45) is 2.44. The van der Waals surface area contributed by atoms with Crippen LogP contribution in [0.3, 0.4) is 0 Å². The molecule has 2 aliphatic heterocycles. The average Bonchev–Trinajstić information content (AvgIpc) is 2.61. The zero-order valence-corrected chi connectivity index (χ0v) is 14.7. The van der Waals surface area contributed by atoms with Crippen LogP contribution >= 0.6 is 0 Å². The minimum atomic E-state index is -3.79. The van der Waals surface area contributed by atoms with Crippen LogP contribution in [0.15, 0.2) is 29.2 Å². The zero-order chi connectivity index (χ0) is 17.4. The van der Waals surface area contributed by atoms with Crippen molar-refractivity contribution >= 4 is 16.1 Å². The van der Waals surface area contributed by atoms with E-state index in [1.165, 1.54) is 7.11 Å². The molecular weight excluding hydrogens is 332 g/mol. The first-order chi connectivity index (χ1) is 11.3. The molecule has 2 heterocycles. The van der Waals surface area contributed by atoms with Crippen molar-refractivity contribution in [3.8, 4) is 0 Å². The molecule has 1 aromatic rings. The number of benzene rings is 1. The number of methoxy groups -OCH3 is 1. The fourth-order valence-corrected chi connectivity index (χ4v) is 4.39. The van der Waals surface area contributed by atoms with Crippen LogP contribution in [0.4, 0.5) is 0 Å². The number of carbonyl (C=O) groups excluding carboxylic acids is 1. The predicted octanol–water partition coefficient (Wildman–Crippen LogP) is 2.20.